The number of benzene rings is 1. The van der Waals surface area contributed by atoms with Crippen LogP contribution in [0.4, 0.5) is 0 Å². The Kier molecular flexibility index (Phi) is 1.81. The molecule has 1 aromatic heterocycles. The first-order valence-electron chi connectivity index (χ1n) is 4.04. The summed E-state index contributed by atoms with van der Waals surface area (Å²) in [5.41, 5.74) is 0.871. The third-order valence-electron chi connectivity index (χ3n) is 1.97. The minimum absolute atomic E-state index is 0.110. The molecule has 70 valence electrons. The highest BCUT2D eigenvalue weighted by atomic mass is 16.4. The van der Waals surface area contributed by atoms with E-state index < -0.39 is 11.8 Å². The SMILES string of the molecule is O=C(O)C(=O)c1cc2ccccc2[nH]1. The Morgan fingerprint density at radius 1 is 1.21 bits per heavy atom. The molecule has 0 saturated heterocycles. The van der Waals surface area contributed by atoms with Crippen molar-refractivity contribution in [3.63, 3.8) is 0 Å². The second-order valence-electron chi connectivity index (χ2n) is 2.90. The van der Waals surface area contributed by atoms with Crippen LogP contribution in [0.25, 0.3) is 10.9 Å². The van der Waals surface area contributed by atoms with E-state index in [4.69, 9.17) is 5.11 Å². The van der Waals surface area contributed by atoms with Gasteiger partial charge in [-0.25, -0.2) is 4.79 Å². The summed E-state index contributed by atoms with van der Waals surface area (Å²) in [4.78, 5) is 24.2. The maximum absolute atomic E-state index is 11.1. The lowest BCUT2D eigenvalue weighted by molar-refractivity contribution is -0.131. The molecule has 0 unspecified atom stereocenters. The summed E-state index contributed by atoms with van der Waals surface area (Å²) in [6.45, 7) is 0. The molecule has 0 aliphatic rings. The fourth-order valence-corrected chi connectivity index (χ4v) is 1.31. The molecule has 0 aliphatic carbocycles. The highest BCUT2D eigenvalue weighted by molar-refractivity contribution is 6.39. The fraction of sp³-hybridized carbons (Fsp3) is 0. The van der Waals surface area contributed by atoms with Crippen molar-refractivity contribution in [2.75, 3.05) is 0 Å². The van der Waals surface area contributed by atoms with E-state index in [0.717, 1.165) is 10.9 Å². The van der Waals surface area contributed by atoms with E-state index in [1.54, 1.807) is 6.07 Å². The summed E-state index contributed by atoms with van der Waals surface area (Å²) in [5.74, 6) is -2.36. The van der Waals surface area contributed by atoms with Crippen LogP contribution in [-0.4, -0.2) is 21.8 Å². The molecule has 2 aromatic rings. The molecule has 0 spiro atoms. The minimum atomic E-state index is -1.45. The maximum atomic E-state index is 11.1. The van der Waals surface area contributed by atoms with E-state index >= 15 is 0 Å². The van der Waals surface area contributed by atoms with Crippen LogP contribution in [0.1, 0.15) is 10.5 Å². The number of aliphatic carboxylic acids is 1. The number of rotatable bonds is 2. The summed E-state index contributed by atoms with van der Waals surface area (Å²) in [6.07, 6.45) is 0. The van der Waals surface area contributed by atoms with Gasteiger partial charge in [-0.1, -0.05) is 18.2 Å². The van der Waals surface area contributed by atoms with Crippen molar-refractivity contribution in [2.24, 2.45) is 0 Å². The van der Waals surface area contributed by atoms with Crippen molar-refractivity contribution in [3.05, 3.63) is 36.0 Å². The smallest absolute Gasteiger partial charge is 0.378 e. The molecule has 4 heteroatoms. The van der Waals surface area contributed by atoms with Crippen molar-refractivity contribution in [1.29, 1.82) is 0 Å². The Balaban J connectivity index is 2.55. The molecule has 0 amide bonds. The lowest BCUT2D eigenvalue weighted by Gasteiger charge is -1.87. The Bertz CT molecular complexity index is 480. The number of Topliss-reactive ketones (excluding diaryl/α,β-unsaturated/α-hetero) is 1. The average molecular weight is 189 g/mol. The minimum Gasteiger partial charge on any atom is -0.475 e. The van der Waals surface area contributed by atoms with Gasteiger partial charge in [-0.15, -0.1) is 0 Å². The van der Waals surface area contributed by atoms with Gasteiger partial charge in [0.1, 0.15) is 0 Å². The van der Waals surface area contributed by atoms with E-state index in [2.05, 4.69) is 4.98 Å². The number of H-pyrrole nitrogens is 1. The third kappa shape index (κ3) is 1.26. The quantitative estimate of drug-likeness (QED) is 0.554. The van der Waals surface area contributed by atoms with Crippen LogP contribution in [0, 0.1) is 0 Å². The molecule has 2 N–H and O–H groups in total. The number of carboxylic acids is 1. The van der Waals surface area contributed by atoms with E-state index in [0.29, 0.717) is 0 Å². The lowest BCUT2D eigenvalue weighted by Crippen LogP contribution is -2.12. The van der Waals surface area contributed by atoms with Gasteiger partial charge in [-0.3, -0.25) is 4.79 Å². The molecule has 0 aliphatic heterocycles. The van der Waals surface area contributed by atoms with Crippen molar-refractivity contribution in [1.82, 2.24) is 4.98 Å². The predicted octanol–water partition coefficient (Wildman–Crippen LogP) is 1.44. The molecule has 0 fully saturated rings. The van der Waals surface area contributed by atoms with Crippen molar-refractivity contribution < 1.29 is 14.7 Å². The van der Waals surface area contributed by atoms with Crippen LogP contribution in [-0.2, 0) is 4.79 Å². The topological polar surface area (TPSA) is 70.2 Å². The van der Waals surface area contributed by atoms with Gasteiger partial charge >= 0.3 is 5.97 Å². The predicted molar refractivity (Wildman–Crippen MR) is 50.3 cm³/mol. The highest BCUT2D eigenvalue weighted by Crippen LogP contribution is 2.14. The van der Waals surface area contributed by atoms with E-state index in [9.17, 15) is 9.59 Å². The number of aromatic amines is 1. The fourth-order valence-electron chi connectivity index (χ4n) is 1.31. The number of carboxylic acid groups (broad SMARTS) is 1. The van der Waals surface area contributed by atoms with Crippen LogP contribution in [0.3, 0.4) is 0 Å². The van der Waals surface area contributed by atoms with Gasteiger partial charge < -0.3 is 10.1 Å². The molecule has 0 saturated carbocycles. The largest absolute Gasteiger partial charge is 0.475 e. The molecule has 1 aromatic carbocycles. The number of aromatic nitrogens is 1. The van der Waals surface area contributed by atoms with Crippen molar-refractivity contribution in [3.8, 4) is 0 Å². The van der Waals surface area contributed by atoms with Gasteiger partial charge in [-0.2, -0.15) is 0 Å². The molecule has 4 nitrogen and oxygen atoms in total. The van der Waals surface area contributed by atoms with Gasteiger partial charge in [0.05, 0.1) is 5.69 Å². The summed E-state index contributed by atoms with van der Waals surface area (Å²) in [7, 11) is 0. The van der Waals surface area contributed by atoms with Gasteiger partial charge in [0, 0.05) is 10.9 Å². The van der Waals surface area contributed by atoms with Gasteiger partial charge in [-0.05, 0) is 12.1 Å². The van der Waals surface area contributed by atoms with Gasteiger partial charge in [0.25, 0.3) is 5.78 Å². The van der Waals surface area contributed by atoms with Crippen molar-refractivity contribution >= 4 is 22.7 Å². The first kappa shape index (κ1) is 8.50. The van der Waals surface area contributed by atoms with Crippen LogP contribution < -0.4 is 0 Å². The third-order valence-corrected chi connectivity index (χ3v) is 1.97. The van der Waals surface area contributed by atoms with Crippen LogP contribution in [0.15, 0.2) is 30.3 Å². The molecule has 14 heavy (non-hydrogen) atoms. The molecule has 0 atom stereocenters. The standard InChI is InChI=1S/C10H7NO3/c12-9(10(13)14)8-5-6-3-1-2-4-7(6)11-8/h1-5,11H,(H,13,14). The number of para-hydroxylation sites is 1. The zero-order valence-corrected chi connectivity index (χ0v) is 7.15. The summed E-state index contributed by atoms with van der Waals surface area (Å²) in [6, 6.07) is 8.77. The zero-order valence-electron chi connectivity index (χ0n) is 7.15. The Hall–Kier alpha value is -2.10. The van der Waals surface area contributed by atoms with Gasteiger partial charge in [0.15, 0.2) is 0 Å². The van der Waals surface area contributed by atoms with E-state index in [1.165, 1.54) is 6.07 Å². The van der Waals surface area contributed by atoms with Gasteiger partial charge in [0.2, 0.25) is 0 Å². The molecule has 0 bridgehead atoms. The molecular formula is C10H7NO3. The summed E-state index contributed by atoms with van der Waals surface area (Å²) < 4.78 is 0. The normalized spacial score (nSPS) is 10.3. The number of hydrogen-bond acceptors (Lipinski definition) is 2. The van der Waals surface area contributed by atoms with E-state index in [1.807, 2.05) is 18.2 Å². The Morgan fingerprint density at radius 3 is 2.57 bits per heavy atom. The first-order chi connectivity index (χ1) is 6.68. The second-order valence-corrected chi connectivity index (χ2v) is 2.90. The highest BCUT2D eigenvalue weighted by Gasteiger charge is 2.16. The number of hydrogen-bond donors (Lipinski definition) is 2. The van der Waals surface area contributed by atoms with E-state index in [-0.39, 0.29) is 5.69 Å². The zero-order chi connectivity index (χ0) is 10.1. The number of carbonyl (C=O) groups excluding carboxylic acids is 1. The molecular weight excluding hydrogens is 182 g/mol. The monoisotopic (exact) mass is 189 g/mol. The summed E-state index contributed by atoms with van der Waals surface area (Å²) in [5, 5.41) is 9.32. The van der Waals surface area contributed by atoms with Crippen molar-refractivity contribution in [2.45, 2.75) is 0 Å². The molecule has 2 rings (SSSR count). The first-order valence-corrected chi connectivity index (χ1v) is 4.04. The Labute approximate surface area is 79.2 Å². The number of carbonyl (C=O) groups is 2. The summed E-state index contributed by atoms with van der Waals surface area (Å²) >= 11 is 0. The lowest BCUT2D eigenvalue weighted by atomic mass is 10.2. The van der Waals surface area contributed by atoms with Crippen LogP contribution >= 0.6 is 0 Å². The average Bonchev–Trinajstić information content (AvgIpc) is 2.59. The second kappa shape index (κ2) is 2.99. The number of fused-ring (bicyclic) bond motifs is 1. The molecule has 1 heterocycles. The van der Waals surface area contributed by atoms with Crippen LogP contribution in [0.2, 0.25) is 0 Å². The van der Waals surface area contributed by atoms with Crippen LogP contribution in [0.5, 0.6) is 0 Å². The Morgan fingerprint density at radius 2 is 1.93 bits per heavy atom. The molecule has 0 radical (unpaired) electrons. The number of ketones is 1. The maximum Gasteiger partial charge on any atom is 0.378 e. The number of nitrogens with one attached hydrogen (secondary N) is 1.